The molecule has 0 spiro atoms. The van der Waals surface area contributed by atoms with Crippen LogP contribution < -0.4 is 5.32 Å². The predicted molar refractivity (Wildman–Crippen MR) is 60.7 cm³/mol. The molecule has 0 aliphatic heterocycles. The van der Waals surface area contributed by atoms with Crippen LogP contribution in [-0.2, 0) is 9.53 Å². The molecule has 0 aromatic carbocycles. The Bertz CT molecular complexity index is 190. The number of carbonyl (C=O) groups is 1. The molecule has 1 atom stereocenters. The first-order valence-electron chi connectivity index (χ1n) is 6.18. The molecule has 1 aliphatic rings. The molecule has 88 valence electrons. The molecule has 1 aliphatic carbocycles. The third-order valence-electron chi connectivity index (χ3n) is 3.03. The maximum absolute atomic E-state index is 11.6. The van der Waals surface area contributed by atoms with Gasteiger partial charge in [-0.1, -0.05) is 19.8 Å². The molecule has 0 aromatic heterocycles. The second-order valence-corrected chi connectivity index (χ2v) is 4.30. The van der Waals surface area contributed by atoms with Crippen LogP contribution in [0, 0.1) is 5.92 Å². The van der Waals surface area contributed by atoms with E-state index in [-0.39, 0.29) is 12.0 Å². The van der Waals surface area contributed by atoms with Gasteiger partial charge in [0, 0.05) is 0 Å². The largest absolute Gasteiger partial charge is 0.465 e. The first-order valence-corrected chi connectivity index (χ1v) is 6.18. The Morgan fingerprint density at radius 2 is 2.20 bits per heavy atom. The van der Waals surface area contributed by atoms with Crippen LogP contribution in [0.5, 0.6) is 0 Å². The van der Waals surface area contributed by atoms with E-state index < -0.39 is 0 Å². The van der Waals surface area contributed by atoms with E-state index in [0.717, 1.165) is 25.3 Å². The smallest absolute Gasteiger partial charge is 0.323 e. The molecule has 0 heterocycles. The van der Waals surface area contributed by atoms with Crippen LogP contribution >= 0.6 is 0 Å². The van der Waals surface area contributed by atoms with Gasteiger partial charge >= 0.3 is 5.97 Å². The van der Waals surface area contributed by atoms with Crippen molar-refractivity contribution in [2.24, 2.45) is 5.92 Å². The molecule has 0 bridgehead atoms. The monoisotopic (exact) mass is 213 g/mol. The lowest BCUT2D eigenvalue weighted by molar-refractivity contribution is -0.145. The highest BCUT2D eigenvalue weighted by atomic mass is 16.5. The standard InChI is InChI=1S/C12H23NO2/c1-3-6-11(12(14)15-4-2)13-9-10-7-5-8-10/h10-11,13H,3-9H2,1-2H3. The highest BCUT2D eigenvalue weighted by Gasteiger charge is 2.22. The van der Waals surface area contributed by atoms with Crippen molar-refractivity contribution >= 4 is 5.97 Å². The molecule has 0 amide bonds. The predicted octanol–water partition coefficient (Wildman–Crippen LogP) is 2.11. The summed E-state index contributed by atoms with van der Waals surface area (Å²) < 4.78 is 5.04. The Morgan fingerprint density at radius 3 is 2.67 bits per heavy atom. The molecule has 0 saturated heterocycles. The fraction of sp³-hybridized carbons (Fsp3) is 0.917. The van der Waals surface area contributed by atoms with Crippen molar-refractivity contribution in [2.45, 2.75) is 52.0 Å². The summed E-state index contributed by atoms with van der Waals surface area (Å²) >= 11 is 0. The Balaban J connectivity index is 2.24. The van der Waals surface area contributed by atoms with Gasteiger partial charge in [-0.05, 0) is 38.6 Å². The van der Waals surface area contributed by atoms with Crippen molar-refractivity contribution in [2.75, 3.05) is 13.2 Å². The topological polar surface area (TPSA) is 38.3 Å². The third-order valence-corrected chi connectivity index (χ3v) is 3.03. The van der Waals surface area contributed by atoms with E-state index in [1.807, 2.05) is 6.92 Å². The number of hydrogen-bond donors (Lipinski definition) is 1. The molecule has 3 nitrogen and oxygen atoms in total. The van der Waals surface area contributed by atoms with Crippen LogP contribution in [0.25, 0.3) is 0 Å². The number of hydrogen-bond acceptors (Lipinski definition) is 3. The highest BCUT2D eigenvalue weighted by Crippen LogP contribution is 2.25. The van der Waals surface area contributed by atoms with E-state index in [0.29, 0.717) is 6.61 Å². The van der Waals surface area contributed by atoms with Gasteiger partial charge in [0.05, 0.1) is 6.61 Å². The van der Waals surface area contributed by atoms with E-state index in [9.17, 15) is 4.79 Å². The van der Waals surface area contributed by atoms with Crippen molar-refractivity contribution in [3.8, 4) is 0 Å². The van der Waals surface area contributed by atoms with Crippen LogP contribution in [0.4, 0.5) is 0 Å². The van der Waals surface area contributed by atoms with Gasteiger partial charge < -0.3 is 10.1 Å². The Labute approximate surface area is 92.6 Å². The first-order chi connectivity index (χ1) is 7.27. The van der Waals surface area contributed by atoms with Gasteiger partial charge in [0.15, 0.2) is 0 Å². The van der Waals surface area contributed by atoms with Gasteiger partial charge in [-0.3, -0.25) is 4.79 Å². The third kappa shape index (κ3) is 4.20. The summed E-state index contributed by atoms with van der Waals surface area (Å²) in [7, 11) is 0. The summed E-state index contributed by atoms with van der Waals surface area (Å²) in [6.07, 6.45) is 5.88. The summed E-state index contributed by atoms with van der Waals surface area (Å²) in [6.45, 7) is 5.40. The fourth-order valence-corrected chi connectivity index (χ4v) is 1.84. The van der Waals surface area contributed by atoms with Crippen LogP contribution in [-0.4, -0.2) is 25.2 Å². The maximum atomic E-state index is 11.6. The molecule has 15 heavy (non-hydrogen) atoms. The molecule has 0 radical (unpaired) electrons. The quantitative estimate of drug-likeness (QED) is 0.658. The summed E-state index contributed by atoms with van der Waals surface area (Å²) in [6, 6.07) is -0.0875. The molecular weight excluding hydrogens is 190 g/mol. The lowest BCUT2D eigenvalue weighted by Crippen LogP contribution is -2.41. The number of rotatable bonds is 7. The summed E-state index contributed by atoms with van der Waals surface area (Å²) in [4.78, 5) is 11.6. The first kappa shape index (κ1) is 12.5. The van der Waals surface area contributed by atoms with Crippen LogP contribution in [0.1, 0.15) is 46.0 Å². The second kappa shape index (κ2) is 6.83. The molecule has 1 saturated carbocycles. The van der Waals surface area contributed by atoms with Crippen LogP contribution in [0.3, 0.4) is 0 Å². The molecule has 1 rings (SSSR count). The van der Waals surface area contributed by atoms with Crippen LogP contribution in [0.15, 0.2) is 0 Å². The summed E-state index contributed by atoms with van der Waals surface area (Å²) in [5, 5.41) is 3.33. The zero-order valence-electron chi connectivity index (χ0n) is 9.92. The second-order valence-electron chi connectivity index (χ2n) is 4.30. The average molecular weight is 213 g/mol. The average Bonchev–Trinajstić information content (AvgIpc) is 2.14. The van der Waals surface area contributed by atoms with Gasteiger partial charge in [-0.25, -0.2) is 0 Å². The minimum absolute atomic E-state index is 0.0846. The van der Waals surface area contributed by atoms with E-state index in [1.54, 1.807) is 0 Å². The summed E-state index contributed by atoms with van der Waals surface area (Å²) in [5.41, 5.74) is 0. The zero-order chi connectivity index (χ0) is 11.1. The van der Waals surface area contributed by atoms with Gasteiger partial charge in [0.2, 0.25) is 0 Å². The van der Waals surface area contributed by atoms with Crippen molar-refractivity contribution in [3.05, 3.63) is 0 Å². The van der Waals surface area contributed by atoms with Crippen LogP contribution in [0.2, 0.25) is 0 Å². The van der Waals surface area contributed by atoms with Gasteiger partial charge in [0.25, 0.3) is 0 Å². The zero-order valence-corrected chi connectivity index (χ0v) is 9.92. The number of ether oxygens (including phenoxy) is 1. The van der Waals surface area contributed by atoms with E-state index in [4.69, 9.17) is 4.74 Å². The van der Waals surface area contributed by atoms with Gasteiger partial charge in [0.1, 0.15) is 6.04 Å². The molecule has 3 heteroatoms. The summed E-state index contributed by atoms with van der Waals surface area (Å²) in [5.74, 6) is 0.706. The fourth-order valence-electron chi connectivity index (χ4n) is 1.84. The Morgan fingerprint density at radius 1 is 1.47 bits per heavy atom. The van der Waals surface area contributed by atoms with Crippen molar-refractivity contribution in [3.63, 3.8) is 0 Å². The normalized spacial score (nSPS) is 18.3. The van der Waals surface area contributed by atoms with E-state index in [1.165, 1.54) is 19.3 Å². The van der Waals surface area contributed by atoms with E-state index >= 15 is 0 Å². The number of carbonyl (C=O) groups excluding carboxylic acids is 1. The van der Waals surface area contributed by atoms with Crippen molar-refractivity contribution in [1.82, 2.24) is 5.32 Å². The lowest BCUT2D eigenvalue weighted by Gasteiger charge is -2.27. The molecule has 0 aromatic rings. The van der Waals surface area contributed by atoms with E-state index in [2.05, 4.69) is 12.2 Å². The Kier molecular flexibility index (Phi) is 5.69. The van der Waals surface area contributed by atoms with Crippen molar-refractivity contribution in [1.29, 1.82) is 0 Å². The SMILES string of the molecule is CCCC(NCC1CCC1)C(=O)OCC. The minimum Gasteiger partial charge on any atom is -0.465 e. The molecule has 1 fully saturated rings. The van der Waals surface area contributed by atoms with Gasteiger partial charge in [-0.15, -0.1) is 0 Å². The number of nitrogens with one attached hydrogen (secondary N) is 1. The molecular formula is C12H23NO2. The molecule has 1 unspecified atom stereocenters. The number of esters is 1. The Hall–Kier alpha value is -0.570. The highest BCUT2D eigenvalue weighted by molar-refractivity contribution is 5.75. The molecule has 1 N–H and O–H groups in total. The minimum atomic E-state index is -0.0875. The lowest BCUT2D eigenvalue weighted by atomic mass is 9.85. The maximum Gasteiger partial charge on any atom is 0.323 e. The van der Waals surface area contributed by atoms with Gasteiger partial charge in [-0.2, -0.15) is 0 Å². The van der Waals surface area contributed by atoms with Crippen molar-refractivity contribution < 1.29 is 9.53 Å².